The van der Waals surface area contributed by atoms with Crippen molar-refractivity contribution in [2.24, 2.45) is 13.0 Å². The zero-order chi connectivity index (χ0) is 11.5. The zero-order valence-corrected chi connectivity index (χ0v) is 9.60. The van der Waals surface area contributed by atoms with Crippen LogP contribution in [0.2, 0.25) is 0 Å². The van der Waals surface area contributed by atoms with Crippen molar-refractivity contribution in [2.45, 2.75) is 19.4 Å². The van der Waals surface area contributed by atoms with Crippen molar-refractivity contribution < 1.29 is 4.79 Å². The van der Waals surface area contributed by atoms with Gasteiger partial charge in [-0.15, -0.1) is 10.2 Å². The molecule has 2 atom stereocenters. The van der Waals surface area contributed by atoms with Gasteiger partial charge in [-0.3, -0.25) is 4.79 Å². The Balaban J connectivity index is 1.94. The van der Waals surface area contributed by atoms with Gasteiger partial charge >= 0.3 is 0 Å². The summed E-state index contributed by atoms with van der Waals surface area (Å²) in [4.78, 5) is 11.9. The van der Waals surface area contributed by atoms with E-state index in [2.05, 4.69) is 20.8 Å². The fourth-order valence-corrected chi connectivity index (χ4v) is 1.96. The lowest BCUT2D eigenvalue weighted by Gasteiger charge is -2.15. The molecule has 88 valence electrons. The first-order valence-electron chi connectivity index (χ1n) is 5.53. The average Bonchev–Trinajstić information content (AvgIpc) is 2.86. The Morgan fingerprint density at radius 1 is 1.75 bits per heavy atom. The van der Waals surface area contributed by atoms with Gasteiger partial charge in [0.25, 0.3) is 0 Å². The summed E-state index contributed by atoms with van der Waals surface area (Å²) < 4.78 is 1.82. The summed E-state index contributed by atoms with van der Waals surface area (Å²) >= 11 is 0. The van der Waals surface area contributed by atoms with Gasteiger partial charge in [0.15, 0.2) is 5.82 Å². The number of aryl methyl sites for hydroxylation is 1. The van der Waals surface area contributed by atoms with E-state index in [1.165, 1.54) is 0 Å². The van der Waals surface area contributed by atoms with Crippen molar-refractivity contribution >= 4 is 5.91 Å². The molecule has 6 nitrogen and oxygen atoms in total. The zero-order valence-electron chi connectivity index (χ0n) is 9.60. The Hall–Kier alpha value is -1.43. The normalized spacial score (nSPS) is 22.0. The smallest absolute Gasteiger partial charge is 0.225 e. The lowest BCUT2D eigenvalue weighted by Crippen LogP contribution is -2.34. The van der Waals surface area contributed by atoms with Gasteiger partial charge in [-0.1, -0.05) is 0 Å². The third kappa shape index (κ3) is 2.21. The van der Waals surface area contributed by atoms with Crippen LogP contribution in [0.1, 0.15) is 25.2 Å². The number of carbonyl (C=O) groups is 1. The molecule has 1 aliphatic heterocycles. The molecule has 1 saturated heterocycles. The summed E-state index contributed by atoms with van der Waals surface area (Å²) in [6.07, 6.45) is 2.55. The molecule has 2 rings (SSSR count). The van der Waals surface area contributed by atoms with Gasteiger partial charge in [-0.25, -0.2) is 0 Å². The van der Waals surface area contributed by atoms with Gasteiger partial charge in [-0.05, 0) is 19.9 Å². The summed E-state index contributed by atoms with van der Waals surface area (Å²) in [7, 11) is 1.87. The van der Waals surface area contributed by atoms with Crippen molar-refractivity contribution in [1.29, 1.82) is 0 Å². The maximum atomic E-state index is 11.9. The van der Waals surface area contributed by atoms with E-state index in [9.17, 15) is 4.79 Å². The highest BCUT2D eigenvalue weighted by atomic mass is 16.2. The van der Waals surface area contributed by atoms with Crippen molar-refractivity contribution in [3.8, 4) is 0 Å². The Morgan fingerprint density at radius 3 is 3.12 bits per heavy atom. The van der Waals surface area contributed by atoms with E-state index in [4.69, 9.17) is 0 Å². The number of rotatable bonds is 3. The summed E-state index contributed by atoms with van der Waals surface area (Å²) in [6, 6.07) is -0.0967. The van der Waals surface area contributed by atoms with Crippen LogP contribution >= 0.6 is 0 Å². The number of aromatic nitrogens is 3. The molecule has 2 N–H and O–H groups in total. The molecule has 2 unspecified atom stereocenters. The summed E-state index contributed by atoms with van der Waals surface area (Å²) in [5.41, 5.74) is 0. The van der Waals surface area contributed by atoms with E-state index >= 15 is 0 Å². The first-order chi connectivity index (χ1) is 7.68. The van der Waals surface area contributed by atoms with Gasteiger partial charge in [-0.2, -0.15) is 0 Å². The number of hydrogen-bond donors (Lipinski definition) is 2. The maximum Gasteiger partial charge on any atom is 0.225 e. The fourth-order valence-electron chi connectivity index (χ4n) is 1.96. The van der Waals surface area contributed by atoms with E-state index in [0.29, 0.717) is 0 Å². The minimum Gasteiger partial charge on any atom is -0.346 e. The molecule has 6 heteroatoms. The van der Waals surface area contributed by atoms with Gasteiger partial charge in [0.2, 0.25) is 5.91 Å². The molecule has 0 aromatic carbocycles. The molecule has 1 fully saturated rings. The molecule has 1 aromatic heterocycles. The lowest BCUT2D eigenvalue weighted by atomic mass is 10.1. The largest absolute Gasteiger partial charge is 0.346 e. The van der Waals surface area contributed by atoms with Crippen LogP contribution in [-0.2, 0) is 11.8 Å². The van der Waals surface area contributed by atoms with Crippen LogP contribution in [-0.4, -0.2) is 33.8 Å². The highest BCUT2D eigenvalue weighted by molar-refractivity contribution is 5.79. The predicted octanol–water partition coefficient (Wildman–Crippen LogP) is -0.398. The molecule has 1 aromatic rings. The molecule has 0 spiro atoms. The van der Waals surface area contributed by atoms with Crippen LogP contribution in [0, 0.1) is 5.92 Å². The second kappa shape index (κ2) is 4.61. The third-order valence-corrected chi connectivity index (χ3v) is 2.92. The van der Waals surface area contributed by atoms with Gasteiger partial charge in [0.1, 0.15) is 6.33 Å². The van der Waals surface area contributed by atoms with Crippen LogP contribution < -0.4 is 10.6 Å². The third-order valence-electron chi connectivity index (χ3n) is 2.92. The van der Waals surface area contributed by atoms with Crippen LogP contribution in [0.4, 0.5) is 0 Å². The molecule has 1 amide bonds. The lowest BCUT2D eigenvalue weighted by molar-refractivity contribution is -0.125. The minimum absolute atomic E-state index is 0.0932. The van der Waals surface area contributed by atoms with Crippen molar-refractivity contribution in [3.05, 3.63) is 12.2 Å². The molecular formula is C10H17N5O. The molecule has 16 heavy (non-hydrogen) atoms. The predicted molar refractivity (Wildman–Crippen MR) is 58.5 cm³/mol. The van der Waals surface area contributed by atoms with Crippen molar-refractivity contribution in [3.63, 3.8) is 0 Å². The molecule has 0 aliphatic carbocycles. The van der Waals surface area contributed by atoms with Crippen LogP contribution in [0.15, 0.2) is 6.33 Å². The number of amides is 1. The van der Waals surface area contributed by atoms with Crippen LogP contribution in [0.25, 0.3) is 0 Å². The highest BCUT2D eigenvalue weighted by Crippen LogP contribution is 2.12. The Bertz CT molecular complexity index is 369. The summed E-state index contributed by atoms with van der Waals surface area (Å²) in [6.45, 7) is 3.62. The Kier molecular flexibility index (Phi) is 3.19. The van der Waals surface area contributed by atoms with E-state index in [1.54, 1.807) is 6.33 Å². The second-order valence-corrected chi connectivity index (χ2v) is 4.22. The summed E-state index contributed by atoms with van der Waals surface area (Å²) in [5.74, 6) is 0.968. The number of nitrogens with one attached hydrogen (secondary N) is 2. The highest BCUT2D eigenvalue weighted by Gasteiger charge is 2.24. The Morgan fingerprint density at radius 2 is 2.56 bits per heavy atom. The first kappa shape index (κ1) is 11.1. The van der Waals surface area contributed by atoms with Crippen LogP contribution in [0.5, 0.6) is 0 Å². The average molecular weight is 223 g/mol. The van der Waals surface area contributed by atoms with Crippen molar-refractivity contribution in [2.75, 3.05) is 13.1 Å². The van der Waals surface area contributed by atoms with Gasteiger partial charge in [0, 0.05) is 13.6 Å². The SMILES string of the molecule is CC(NC(=O)C1CCNC1)c1nncn1C. The topological polar surface area (TPSA) is 71.8 Å². The van der Waals surface area contributed by atoms with E-state index in [-0.39, 0.29) is 17.9 Å². The maximum absolute atomic E-state index is 11.9. The number of nitrogens with zero attached hydrogens (tertiary/aromatic N) is 3. The molecule has 2 heterocycles. The molecule has 0 bridgehead atoms. The number of carbonyl (C=O) groups excluding carboxylic acids is 1. The standard InChI is InChI=1S/C10H17N5O/c1-7(9-14-12-6-15(9)2)13-10(16)8-3-4-11-5-8/h6-8,11H,3-5H2,1-2H3,(H,13,16). The van der Waals surface area contributed by atoms with E-state index in [1.807, 2.05) is 18.5 Å². The van der Waals surface area contributed by atoms with E-state index in [0.717, 1.165) is 25.3 Å². The quantitative estimate of drug-likeness (QED) is 0.731. The number of hydrogen-bond acceptors (Lipinski definition) is 4. The van der Waals surface area contributed by atoms with E-state index < -0.39 is 0 Å². The molecule has 0 radical (unpaired) electrons. The second-order valence-electron chi connectivity index (χ2n) is 4.22. The first-order valence-corrected chi connectivity index (χ1v) is 5.53. The van der Waals surface area contributed by atoms with Crippen molar-refractivity contribution in [1.82, 2.24) is 25.4 Å². The fraction of sp³-hybridized carbons (Fsp3) is 0.700. The molecular weight excluding hydrogens is 206 g/mol. The minimum atomic E-state index is -0.0967. The molecule has 1 aliphatic rings. The summed E-state index contributed by atoms with van der Waals surface area (Å²) in [5, 5.41) is 13.9. The molecule has 0 saturated carbocycles. The van der Waals surface area contributed by atoms with Crippen LogP contribution in [0.3, 0.4) is 0 Å². The van der Waals surface area contributed by atoms with Gasteiger partial charge < -0.3 is 15.2 Å². The monoisotopic (exact) mass is 223 g/mol. The van der Waals surface area contributed by atoms with Gasteiger partial charge in [0.05, 0.1) is 12.0 Å². The Labute approximate surface area is 94.4 Å².